The van der Waals surface area contributed by atoms with E-state index in [0.717, 1.165) is 0 Å². The molecule has 5 heteroatoms. The van der Waals surface area contributed by atoms with Gasteiger partial charge in [0.15, 0.2) is 0 Å². The first-order chi connectivity index (χ1) is 7.69. The fourth-order valence-electron chi connectivity index (χ4n) is 1.31. The summed E-state index contributed by atoms with van der Waals surface area (Å²) in [5.41, 5.74) is 6.06. The molecule has 3 nitrogen and oxygen atoms in total. The lowest BCUT2D eigenvalue weighted by Crippen LogP contribution is -2.25. The molecule has 17 heavy (non-hydrogen) atoms. The van der Waals surface area contributed by atoms with Crippen molar-refractivity contribution in [2.24, 2.45) is 0 Å². The number of carbonyl (C=O) groups excluding carboxylic acids is 1. The number of anilines is 1. The van der Waals surface area contributed by atoms with E-state index in [1.165, 1.54) is 0 Å². The van der Waals surface area contributed by atoms with Crippen LogP contribution in [0.5, 0.6) is 0 Å². The van der Waals surface area contributed by atoms with Crippen molar-refractivity contribution in [2.75, 3.05) is 5.73 Å². The van der Waals surface area contributed by atoms with Crippen molar-refractivity contribution < 1.29 is 9.53 Å². The summed E-state index contributed by atoms with van der Waals surface area (Å²) in [6.07, 6.45) is 0.0369. The molecule has 0 aliphatic rings. The maximum atomic E-state index is 11.6. The molecule has 0 unspecified atom stereocenters. The zero-order chi connectivity index (χ0) is 13.2. The topological polar surface area (TPSA) is 52.3 Å². The van der Waals surface area contributed by atoms with Crippen molar-refractivity contribution in [2.45, 2.75) is 32.8 Å². The molecule has 1 aromatic rings. The molecule has 0 fully saturated rings. The summed E-state index contributed by atoms with van der Waals surface area (Å²) in [7, 11) is 0. The van der Waals surface area contributed by atoms with Gasteiger partial charge in [-0.25, -0.2) is 0 Å². The molecular formula is C12H15Cl2NO2. The summed E-state index contributed by atoms with van der Waals surface area (Å²) in [5, 5.41) is 0.752. The van der Waals surface area contributed by atoms with Crippen LogP contribution in [0.4, 0.5) is 5.69 Å². The number of hydrogen-bond donors (Lipinski definition) is 1. The second-order valence-corrected chi connectivity index (χ2v) is 5.54. The third-order valence-electron chi connectivity index (χ3n) is 1.90. The normalized spacial score (nSPS) is 11.4. The number of ether oxygens (including phenoxy) is 1. The number of rotatable bonds is 2. The third kappa shape index (κ3) is 4.44. The number of nitrogen functional groups attached to an aromatic ring is 1. The number of carbonyl (C=O) groups is 1. The van der Waals surface area contributed by atoms with E-state index >= 15 is 0 Å². The largest absolute Gasteiger partial charge is 0.460 e. The van der Waals surface area contributed by atoms with Gasteiger partial charge < -0.3 is 10.5 Å². The van der Waals surface area contributed by atoms with Gasteiger partial charge in [-0.1, -0.05) is 23.2 Å². The summed E-state index contributed by atoms with van der Waals surface area (Å²) in [4.78, 5) is 11.6. The van der Waals surface area contributed by atoms with Crippen molar-refractivity contribution in [3.8, 4) is 0 Å². The van der Waals surface area contributed by atoms with Crippen LogP contribution in [-0.2, 0) is 16.0 Å². The number of nitrogens with two attached hydrogens (primary N) is 1. The zero-order valence-corrected chi connectivity index (χ0v) is 11.5. The Balaban J connectivity index is 2.86. The van der Waals surface area contributed by atoms with E-state index in [9.17, 15) is 4.79 Å². The Morgan fingerprint density at radius 1 is 1.29 bits per heavy atom. The molecule has 1 aromatic carbocycles. The Hall–Kier alpha value is -0.930. The highest BCUT2D eigenvalue weighted by molar-refractivity contribution is 6.36. The molecule has 94 valence electrons. The highest BCUT2D eigenvalue weighted by Gasteiger charge is 2.19. The minimum Gasteiger partial charge on any atom is -0.460 e. The first-order valence-corrected chi connectivity index (χ1v) is 5.90. The quantitative estimate of drug-likeness (QED) is 0.664. The van der Waals surface area contributed by atoms with Gasteiger partial charge in [0.1, 0.15) is 5.60 Å². The SMILES string of the molecule is CC(C)(C)OC(=O)Cc1c(Cl)cc(N)cc1Cl. The van der Waals surface area contributed by atoms with E-state index in [1.807, 2.05) is 0 Å². The van der Waals surface area contributed by atoms with Crippen molar-refractivity contribution in [1.82, 2.24) is 0 Å². The molecular weight excluding hydrogens is 261 g/mol. The van der Waals surface area contributed by atoms with Crippen molar-refractivity contribution in [3.05, 3.63) is 27.7 Å². The summed E-state index contributed by atoms with van der Waals surface area (Å²) in [5.74, 6) is -0.369. The van der Waals surface area contributed by atoms with E-state index in [-0.39, 0.29) is 12.4 Å². The molecule has 0 spiro atoms. The lowest BCUT2D eigenvalue weighted by atomic mass is 10.1. The van der Waals surface area contributed by atoms with Crippen LogP contribution >= 0.6 is 23.2 Å². The van der Waals surface area contributed by atoms with Crippen LogP contribution in [0, 0.1) is 0 Å². The number of hydrogen-bond acceptors (Lipinski definition) is 3. The molecule has 0 amide bonds. The second kappa shape index (κ2) is 5.15. The third-order valence-corrected chi connectivity index (χ3v) is 2.58. The van der Waals surface area contributed by atoms with Gasteiger partial charge in [0.2, 0.25) is 0 Å². The van der Waals surface area contributed by atoms with Gasteiger partial charge in [-0.3, -0.25) is 4.79 Å². The molecule has 0 aromatic heterocycles. The summed E-state index contributed by atoms with van der Waals surface area (Å²) >= 11 is 12.0. The van der Waals surface area contributed by atoms with Crippen LogP contribution in [0.2, 0.25) is 10.0 Å². The fraction of sp³-hybridized carbons (Fsp3) is 0.417. The van der Waals surface area contributed by atoms with Gasteiger partial charge in [-0.15, -0.1) is 0 Å². The minimum absolute atomic E-state index is 0.0369. The van der Waals surface area contributed by atoms with Crippen molar-refractivity contribution >= 4 is 34.9 Å². The first-order valence-electron chi connectivity index (χ1n) is 5.14. The number of halogens is 2. The van der Waals surface area contributed by atoms with Crippen LogP contribution in [0.25, 0.3) is 0 Å². The molecule has 0 aliphatic heterocycles. The molecule has 0 saturated carbocycles. The van der Waals surface area contributed by atoms with E-state index < -0.39 is 5.60 Å². The summed E-state index contributed by atoms with van der Waals surface area (Å²) in [6, 6.07) is 3.13. The predicted molar refractivity (Wildman–Crippen MR) is 70.4 cm³/mol. The average Bonchev–Trinajstić information content (AvgIpc) is 2.08. The van der Waals surface area contributed by atoms with Gasteiger partial charge in [-0.05, 0) is 32.9 Å². The Kier molecular flexibility index (Phi) is 4.28. The van der Waals surface area contributed by atoms with E-state index in [1.54, 1.807) is 32.9 Å². The molecule has 0 aliphatic carbocycles. The van der Waals surface area contributed by atoms with Crippen LogP contribution in [-0.4, -0.2) is 11.6 Å². The molecule has 2 N–H and O–H groups in total. The molecule has 0 atom stereocenters. The Morgan fingerprint density at radius 2 is 1.76 bits per heavy atom. The maximum Gasteiger partial charge on any atom is 0.310 e. The number of esters is 1. The van der Waals surface area contributed by atoms with Crippen LogP contribution in [0.1, 0.15) is 26.3 Å². The van der Waals surface area contributed by atoms with Gasteiger partial charge in [-0.2, -0.15) is 0 Å². The minimum atomic E-state index is -0.524. The lowest BCUT2D eigenvalue weighted by Gasteiger charge is -2.20. The van der Waals surface area contributed by atoms with Gasteiger partial charge >= 0.3 is 5.97 Å². The van der Waals surface area contributed by atoms with E-state index in [0.29, 0.717) is 21.3 Å². The second-order valence-electron chi connectivity index (χ2n) is 4.73. The van der Waals surface area contributed by atoms with Gasteiger partial charge in [0.25, 0.3) is 0 Å². The Labute approximate surface area is 111 Å². The Morgan fingerprint density at radius 3 is 2.18 bits per heavy atom. The van der Waals surface area contributed by atoms with Crippen LogP contribution in [0.15, 0.2) is 12.1 Å². The molecule has 0 bridgehead atoms. The zero-order valence-electron chi connectivity index (χ0n) is 10.0. The van der Waals surface area contributed by atoms with E-state index in [4.69, 9.17) is 33.7 Å². The van der Waals surface area contributed by atoms with Gasteiger partial charge in [0, 0.05) is 21.3 Å². The smallest absolute Gasteiger partial charge is 0.310 e. The van der Waals surface area contributed by atoms with Crippen molar-refractivity contribution in [1.29, 1.82) is 0 Å². The van der Waals surface area contributed by atoms with Gasteiger partial charge in [0.05, 0.1) is 6.42 Å². The number of benzene rings is 1. The van der Waals surface area contributed by atoms with Crippen LogP contribution in [0.3, 0.4) is 0 Å². The molecule has 0 radical (unpaired) electrons. The highest BCUT2D eigenvalue weighted by atomic mass is 35.5. The molecule has 0 saturated heterocycles. The van der Waals surface area contributed by atoms with Crippen molar-refractivity contribution in [3.63, 3.8) is 0 Å². The summed E-state index contributed by atoms with van der Waals surface area (Å²) < 4.78 is 5.19. The molecule has 0 heterocycles. The van der Waals surface area contributed by atoms with Crippen LogP contribution < -0.4 is 5.73 Å². The lowest BCUT2D eigenvalue weighted by molar-refractivity contribution is -0.153. The molecule has 1 rings (SSSR count). The van der Waals surface area contributed by atoms with E-state index in [2.05, 4.69) is 0 Å². The maximum absolute atomic E-state index is 11.6. The first kappa shape index (κ1) is 14.1. The standard InChI is InChI=1S/C12H15Cl2NO2/c1-12(2,3)17-11(16)6-8-9(13)4-7(15)5-10(8)14/h4-5H,6,15H2,1-3H3. The predicted octanol–water partition coefficient (Wildman–Crippen LogP) is 3.46. The monoisotopic (exact) mass is 275 g/mol. The summed E-state index contributed by atoms with van der Waals surface area (Å²) in [6.45, 7) is 5.41. The highest BCUT2D eigenvalue weighted by Crippen LogP contribution is 2.28. The fourth-order valence-corrected chi connectivity index (χ4v) is 1.95. The average molecular weight is 276 g/mol. The Bertz CT molecular complexity index is 416.